The molecule has 0 heterocycles. The average Bonchev–Trinajstić information content (AvgIpc) is 2.60. The molecule has 4 heteroatoms. The van der Waals surface area contributed by atoms with E-state index in [1.807, 2.05) is 54.6 Å². The predicted octanol–water partition coefficient (Wildman–Crippen LogP) is 3.72. The number of para-hydroxylation sites is 1. The first-order valence-electron chi connectivity index (χ1n) is 6.98. The maximum absolute atomic E-state index is 13.5. The van der Waals surface area contributed by atoms with Gasteiger partial charge in [-0.05, 0) is 35.0 Å². The summed E-state index contributed by atoms with van der Waals surface area (Å²) in [7, 11) is -0.145. The van der Waals surface area contributed by atoms with Crippen LogP contribution >= 0.6 is 7.37 Å². The average molecular weight is 312 g/mol. The van der Waals surface area contributed by atoms with Crippen LogP contribution < -0.4 is 15.3 Å². The molecule has 1 atom stereocenters. The molecule has 112 valence electrons. The van der Waals surface area contributed by atoms with Crippen molar-refractivity contribution in [2.75, 3.05) is 14.2 Å². The standard InChI is InChI=1S/C18H17O3P/c1-20-17-9-5-6-10-18(17)22(19,21-2)16-12-11-14-7-3-4-8-15(14)13-16/h3-13H,1-2H3/t22-/m0/s1. The molecule has 0 radical (unpaired) electrons. The Labute approximate surface area is 130 Å². The molecule has 0 aliphatic carbocycles. The van der Waals surface area contributed by atoms with Crippen LogP contribution in [0.2, 0.25) is 0 Å². The van der Waals surface area contributed by atoms with Crippen molar-refractivity contribution < 1.29 is 13.8 Å². The third-order valence-corrected chi connectivity index (χ3v) is 6.21. The van der Waals surface area contributed by atoms with Crippen LogP contribution in [0, 0.1) is 0 Å². The van der Waals surface area contributed by atoms with Crippen LogP contribution in [-0.4, -0.2) is 14.2 Å². The van der Waals surface area contributed by atoms with E-state index in [1.54, 1.807) is 19.2 Å². The molecule has 0 saturated heterocycles. The van der Waals surface area contributed by atoms with E-state index in [4.69, 9.17) is 9.26 Å². The number of ether oxygens (including phenoxy) is 1. The number of benzene rings is 3. The topological polar surface area (TPSA) is 35.5 Å². The maximum atomic E-state index is 13.5. The van der Waals surface area contributed by atoms with Crippen LogP contribution in [0.4, 0.5) is 0 Å². The molecule has 22 heavy (non-hydrogen) atoms. The number of methoxy groups -OCH3 is 1. The Kier molecular flexibility index (Phi) is 4.02. The van der Waals surface area contributed by atoms with Crippen LogP contribution in [0.3, 0.4) is 0 Å². The van der Waals surface area contributed by atoms with Crippen molar-refractivity contribution in [3.8, 4) is 5.75 Å². The Morgan fingerprint density at radius 3 is 2.23 bits per heavy atom. The predicted molar refractivity (Wildman–Crippen MR) is 90.8 cm³/mol. The second kappa shape index (κ2) is 5.96. The number of rotatable bonds is 4. The minimum Gasteiger partial charge on any atom is -0.496 e. The highest BCUT2D eigenvalue weighted by Crippen LogP contribution is 2.46. The van der Waals surface area contributed by atoms with Crippen LogP contribution in [0.25, 0.3) is 10.8 Å². The van der Waals surface area contributed by atoms with E-state index in [9.17, 15) is 4.57 Å². The largest absolute Gasteiger partial charge is 0.496 e. The summed E-state index contributed by atoms with van der Waals surface area (Å²) >= 11 is 0. The van der Waals surface area contributed by atoms with Gasteiger partial charge in [0.05, 0.1) is 12.4 Å². The van der Waals surface area contributed by atoms with E-state index in [0.717, 1.165) is 10.8 Å². The van der Waals surface area contributed by atoms with Crippen molar-refractivity contribution >= 4 is 28.8 Å². The summed E-state index contributed by atoms with van der Waals surface area (Å²) < 4.78 is 24.3. The number of hydrogen-bond acceptors (Lipinski definition) is 3. The normalized spacial score (nSPS) is 13.7. The summed E-state index contributed by atoms with van der Waals surface area (Å²) in [6.45, 7) is 0. The first-order valence-corrected chi connectivity index (χ1v) is 8.60. The van der Waals surface area contributed by atoms with Crippen molar-refractivity contribution in [3.63, 3.8) is 0 Å². The lowest BCUT2D eigenvalue weighted by molar-refractivity contribution is 0.402. The summed E-state index contributed by atoms with van der Waals surface area (Å²) in [6, 6.07) is 21.0. The highest BCUT2D eigenvalue weighted by molar-refractivity contribution is 7.74. The summed E-state index contributed by atoms with van der Waals surface area (Å²) in [4.78, 5) is 0. The lowest BCUT2D eigenvalue weighted by Gasteiger charge is -2.19. The van der Waals surface area contributed by atoms with Crippen molar-refractivity contribution in [1.82, 2.24) is 0 Å². The maximum Gasteiger partial charge on any atom is 0.264 e. The molecule has 3 rings (SSSR count). The Bertz CT molecular complexity index is 858. The fourth-order valence-electron chi connectivity index (χ4n) is 2.58. The quantitative estimate of drug-likeness (QED) is 0.689. The molecule has 0 N–H and O–H groups in total. The molecule has 0 fully saturated rings. The molecule has 3 nitrogen and oxygen atoms in total. The first kappa shape index (κ1) is 14.8. The van der Waals surface area contributed by atoms with Crippen molar-refractivity contribution in [1.29, 1.82) is 0 Å². The third kappa shape index (κ3) is 2.43. The zero-order chi connectivity index (χ0) is 15.6. The molecule has 0 saturated carbocycles. The van der Waals surface area contributed by atoms with E-state index >= 15 is 0 Å². The van der Waals surface area contributed by atoms with Gasteiger partial charge in [-0.3, -0.25) is 4.57 Å². The Morgan fingerprint density at radius 1 is 0.818 bits per heavy atom. The van der Waals surface area contributed by atoms with E-state index in [2.05, 4.69) is 0 Å². The number of fused-ring (bicyclic) bond motifs is 1. The van der Waals surface area contributed by atoms with Gasteiger partial charge in [0, 0.05) is 12.4 Å². The highest BCUT2D eigenvalue weighted by atomic mass is 31.2. The van der Waals surface area contributed by atoms with Gasteiger partial charge in [-0.1, -0.05) is 42.5 Å². The second-order valence-corrected chi connectivity index (χ2v) is 7.40. The van der Waals surface area contributed by atoms with Gasteiger partial charge in [0.25, 0.3) is 7.37 Å². The summed E-state index contributed by atoms with van der Waals surface area (Å²) in [5.41, 5.74) is 0. The minimum absolute atomic E-state index is 0.570. The molecule has 0 spiro atoms. The monoisotopic (exact) mass is 312 g/mol. The fraction of sp³-hybridized carbons (Fsp3) is 0.111. The number of hydrogen-bond donors (Lipinski definition) is 0. The lowest BCUT2D eigenvalue weighted by Crippen LogP contribution is -2.19. The van der Waals surface area contributed by atoms with Gasteiger partial charge < -0.3 is 9.26 Å². The smallest absolute Gasteiger partial charge is 0.264 e. The van der Waals surface area contributed by atoms with Gasteiger partial charge in [-0.15, -0.1) is 0 Å². The van der Waals surface area contributed by atoms with Crippen LogP contribution in [0.5, 0.6) is 5.75 Å². The summed E-state index contributed by atoms with van der Waals surface area (Å²) in [5.74, 6) is 0.570. The van der Waals surface area contributed by atoms with Crippen molar-refractivity contribution in [2.24, 2.45) is 0 Å². The van der Waals surface area contributed by atoms with E-state index in [-0.39, 0.29) is 0 Å². The van der Waals surface area contributed by atoms with Crippen molar-refractivity contribution in [3.05, 3.63) is 66.7 Å². The van der Waals surface area contributed by atoms with E-state index in [1.165, 1.54) is 7.11 Å². The van der Waals surface area contributed by atoms with Crippen molar-refractivity contribution in [2.45, 2.75) is 0 Å². The third-order valence-electron chi connectivity index (χ3n) is 3.73. The zero-order valence-corrected chi connectivity index (χ0v) is 13.4. The van der Waals surface area contributed by atoms with Crippen LogP contribution in [0.15, 0.2) is 66.7 Å². The zero-order valence-electron chi connectivity index (χ0n) is 12.5. The molecule has 0 bridgehead atoms. The summed E-state index contributed by atoms with van der Waals surface area (Å²) in [6.07, 6.45) is 0. The first-order chi connectivity index (χ1) is 10.7. The second-order valence-electron chi connectivity index (χ2n) is 4.94. The fourth-order valence-corrected chi connectivity index (χ4v) is 4.58. The van der Waals surface area contributed by atoms with E-state index in [0.29, 0.717) is 16.4 Å². The molecule has 0 amide bonds. The minimum atomic E-state index is -3.19. The SMILES string of the molecule is COc1ccccc1[P@@](=O)(OC)c1ccc2ccccc2c1. The molecule has 3 aromatic rings. The van der Waals surface area contributed by atoms with Crippen LogP contribution in [-0.2, 0) is 9.09 Å². The molecule has 0 aliphatic heterocycles. The Morgan fingerprint density at radius 2 is 1.50 bits per heavy atom. The molecule has 3 aromatic carbocycles. The lowest BCUT2D eigenvalue weighted by atomic mass is 10.1. The molecular formula is C18H17O3P. The molecule has 0 aromatic heterocycles. The van der Waals surface area contributed by atoms with Gasteiger partial charge in [0.1, 0.15) is 5.75 Å². The van der Waals surface area contributed by atoms with Gasteiger partial charge in [-0.25, -0.2) is 0 Å². The molecular weight excluding hydrogens is 295 g/mol. The molecule has 0 aliphatic rings. The van der Waals surface area contributed by atoms with E-state index < -0.39 is 7.37 Å². The summed E-state index contributed by atoms with van der Waals surface area (Å²) in [5, 5.41) is 3.38. The van der Waals surface area contributed by atoms with Crippen LogP contribution in [0.1, 0.15) is 0 Å². The molecule has 0 unspecified atom stereocenters. The Balaban J connectivity index is 2.21. The van der Waals surface area contributed by atoms with Gasteiger partial charge >= 0.3 is 0 Å². The van der Waals surface area contributed by atoms with Gasteiger partial charge in [-0.2, -0.15) is 0 Å². The highest BCUT2D eigenvalue weighted by Gasteiger charge is 2.30. The van der Waals surface area contributed by atoms with Gasteiger partial charge in [0.2, 0.25) is 0 Å². The Hall–Kier alpha value is -2.09. The van der Waals surface area contributed by atoms with Gasteiger partial charge in [0.15, 0.2) is 0 Å².